The Kier molecular flexibility index (Phi) is 5.38. The van der Waals surface area contributed by atoms with Crippen LogP contribution in [0.4, 0.5) is 0 Å². The number of hydrogen-bond donors (Lipinski definition) is 1. The van der Waals surface area contributed by atoms with E-state index in [0.717, 1.165) is 17.7 Å². The highest BCUT2D eigenvalue weighted by Gasteiger charge is 2.32. The van der Waals surface area contributed by atoms with Crippen molar-refractivity contribution < 1.29 is 19.4 Å². The average Bonchev–Trinajstić information content (AvgIpc) is 2.95. The Morgan fingerprint density at radius 1 is 1.45 bits per heavy atom. The van der Waals surface area contributed by atoms with Gasteiger partial charge in [-0.25, -0.2) is 0 Å². The number of nitrogens with zero attached hydrogens (tertiary/aromatic N) is 2. The highest BCUT2D eigenvalue weighted by atomic mass is 16.5. The summed E-state index contributed by atoms with van der Waals surface area (Å²) in [6.07, 6.45) is 1.44. The number of ether oxygens (including phenoxy) is 1. The van der Waals surface area contributed by atoms with Crippen LogP contribution in [0.15, 0.2) is 24.3 Å². The lowest BCUT2D eigenvalue weighted by molar-refractivity contribution is -0.143. The molecule has 1 atom stereocenters. The van der Waals surface area contributed by atoms with Crippen LogP contribution >= 0.6 is 0 Å². The van der Waals surface area contributed by atoms with Crippen LogP contribution in [0.25, 0.3) is 0 Å². The quantitative estimate of drug-likeness (QED) is 0.855. The van der Waals surface area contributed by atoms with Gasteiger partial charge in [0.15, 0.2) is 0 Å². The van der Waals surface area contributed by atoms with Gasteiger partial charge >= 0.3 is 5.97 Å². The van der Waals surface area contributed by atoms with E-state index < -0.39 is 12.0 Å². The fourth-order valence-corrected chi connectivity index (χ4v) is 2.72. The van der Waals surface area contributed by atoms with Crippen molar-refractivity contribution in [1.29, 1.82) is 0 Å². The number of rotatable bonds is 6. The van der Waals surface area contributed by atoms with Crippen LogP contribution in [0.2, 0.25) is 0 Å². The Hall–Kier alpha value is -2.08. The summed E-state index contributed by atoms with van der Waals surface area (Å²) in [5.41, 5.74) is 0.978. The first kappa shape index (κ1) is 16.3. The Bertz CT molecular complexity index is 547. The minimum absolute atomic E-state index is 0.0732. The molecule has 1 fully saturated rings. The fourth-order valence-electron chi connectivity index (χ4n) is 2.72. The number of carbonyl (C=O) groups is 2. The van der Waals surface area contributed by atoms with Crippen LogP contribution < -0.4 is 4.74 Å². The molecule has 1 N–H and O–H groups in total. The van der Waals surface area contributed by atoms with E-state index in [-0.39, 0.29) is 12.5 Å². The second kappa shape index (κ2) is 7.26. The van der Waals surface area contributed by atoms with E-state index in [2.05, 4.69) is 0 Å². The Labute approximate surface area is 130 Å². The molecule has 120 valence electrons. The highest BCUT2D eigenvalue weighted by Crippen LogP contribution is 2.18. The minimum Gasteiger partial charge on any atom is -0.497 e. The van der Waals surface area contributed by atoms with Gasteiger partial charge in [0.05, 0.1) is 13.7 Å². The van der Waals surface area contributed by atoms with Crippen molar-refractivity contribution in [3.8, 4) is 5.75 Å². The van der Waals surface area contributed by atoms with E-state index in [4.69, 9.17) is 9.84 Å². The third kappa shape index (κ3) is 3.98. The molecule has 1 aliphatic rings. The summed E-state index contributed by atoms with van der Waals surface area (Å²) in [4.78, 5) is 26.8. The summed E-state index contributed by atoms with van der Waals surface area (Å²) < 4.78 is 5.17. The Morgan fingerprint density at radius 2 is 2.23 bits per heavy atom. The van der Waals surface area contributed by atoms with Gasteiger partial charge in [-0.05, 0) is 37.1 Å². The lowest BCUT2D eigenvalue weighted by Gasteiger charge is -2.24. The second-order valence-electron chi connectivity index (χ2n) is 5.57. The summed E-state index contributed by atoms with van der Waals surface area (Å²) in [5.74, 6) is -0.166. The maximum Gasteiger partial charge on any atom is 0.320 e. The van der Waals surface area contributed by atoms with E-state index in [1.807, 2.05) is 24.3 Å². The zero-order valence-corrected chi connectivity index (χ0v) is 13.0. The van der Waals surface area contributed by atoms with Gasteiger partial charge in [0.1, 0.15) is 11.8 Å². The molecule has 1 aromatic carbocycles. The van der Waals surface area contributed by atoms with Crippen LogP contribution in [0.3, 0.4) is 0 Å². The molecule has 6 heteroatoms. The first-order valence-corrected chi connectivity index (χ1v) is 7.35. The third-order valence-corrected chi connectivity index (χ3v) is 3.97. The largest absolute Gasteiger partial charge is 0.497 e. The SMILES string of the molecule is COc1cccc(CN(C)C(=O)CN2CCC[C@H]2C(=O)O)c1. The van der Waals surface area contributed by atoms with Crippen molar-refractivity contribution in [2.45, 2.75) is 25.4 Å². The lowest BCUT2D eigenvalue weighted by atomic mass is 10.2. The van der Waals surface area contributed by atoms with Crippen molar-refractivity contribution >= 4 is 11.9 Å². The average molecular weight is 306 g/mol. The number of likely N-dealkylation sites (N-methyl/N-ethyl adjacent to an activating group) is 1. The summed E-state index contributed by atoms with van der Waals surface area (Å²) >= 11 is 0. The van der Waals surface area contributed by atoms with Gasteiger partial charge in [-0.2, -0.15) is 0 Å². The van der Waals surface area contributed by atoms with Crippen molar-refractivity contribution in [2.75, 3.05) is 27.2 Å². The van der Waals surface area contributed by atoms with Gasteiger partial charge in [-0.15, -0.1) is 0 Å². The van der Waals surface area contributed by atoms with Gasteiger partial charge in [-0.1, -0.05) is 12.1 Å². The minimum atomic E-state index is -0.847. The van der Waals surface area contributed by atoms with Gasteiger partial charge < -0.3 is 14.7 Å². The van der Waals surface area contributed by atoms with Crippen molar-refractivity contribution in [1.82, 2.24) is 9.80 Å². The molecule has 6 nitrogen and oxygen atoms in total. The summed E-state index contributed by atoms with van der Waals surface area (Å²) in [5, 5.41) is 9.15. The number of likely N-dealkylation sites (tertiary alicyclic amines) is 1. The van der Waals surface area contributed by atoms with Gasteiger partial charge in [-0.3, -0.25) is 14.5 Å². The summed E-state index contributed by atoms with van der Waals surface area (Å²) in [7, 11) is 3.33. The maximum atomic E-state index is 12.3. The molecule has 0 bridgehead atoms. The number of amides is 1. The van der Waals surface area contributed by atoms with Crippen LogP contribution in [0.1, 0.15) is 18.4 Å². The second-order valence-corrected chi connectivity index (χ2v) is 5.57. The lowest BCUT2D eigenvalue weighted by Crippen LogP contribution is -2.43. The number of aliphatic carboxylic acids is 1. The standard InChI is InChI=1S/C16H22N2O4/c1-17(10-12-5-3-6-13(9-12)22-2)15(19)11-18-8-4-7-14(18)16(20)21/h3,5-6,9,14H,4,7-8,10-11H2,1-2H3,(H,20,21)/t14-/m0/s1. The molecule has 1 amide bonds. The molecule has 1 aromatic rings. The van der Waals surface area contributed by atoms with E-state index in [0.29, 0.717) is 19.5 Å². The molecule has 0 aliphatic carbocycles. The molecule has 2 rings (SSSR count). The molecule has 0 radical (unpaired) electrons. The predicted octanol–water partition coefficient (Wildman–Crippen LogP) is 1.20. The van der Waals surface area contributed by atoms with E-state index >= 15 is 0 Å². The number of hydrogen-bond acceptors (Lipinski definition) is 4. The van der Waals surface area contributed by atoms with Gasteiger partial charge in [0.25, 0.3) is 0 Å². The molecular formula is C16H22N2O4. The molecule has 0 aromatic heterocycles. The normalized spacial score (nSPS) is 18.2. The molecule has 1 saturated heterocycles. The van der Waals surface area contributed by atoms with Crippen LogP contribution in [0.5, 0.6) is 5.75 Å². The van der Waals surface area contributed by atoms with Crippen LogP contribution in [-0.2, 0) is 16.1 Å². The summed E-state index contributed by atoms with van der Waals surface area (Å²) in [6, 6.07) is 7.02. The van der Waals surface area contributed by atoms with E-state index in [1.54, 1.807) is 24.0 Å². The maximum absolute atomic E-state index is 12.3. The molecule has 0 saturated carbocycles. The van der Waals surface area contributed by atoms with Crippen LogP contribution in [-0.4, -0.2) is 60.1 Å². The predicted molar refractivity (Wildman–Crippen MR) is 81.7 cm³/mol. The smallest absolute Gasteiger partial charge is 0.320 e. The third-order valence-electron chi connectivity index (χ3n) is 3.97. The Morgan fingerprint density at radius 3 is 2.91 bits per heavy atom. The molecule has 1 aliphatic heterocycles. The highest BCUT2D eigenvalue weighted by molar-refractivity contribution is 5.80. The first-order valence-electron chi connectivity index (χ1n) is 7.35. The number of carboxylic acids is 1. The van der Waals surface area contributed by atoms with Crippen LogP contribution in [0, 0.1) is 0 Å². The fraction of sp³-hybridized carbons (Fsp3) is 0.500. The molecule has 1 heterocycles. The number of carboxylic acid groups (broad SMARTS) is 1. The molecule has 0 spiro atoms. The van der Waals surface area contributed by atoms with Gasteiger partial charge in [0, 0.05) is 13.6 Å². The first-order chi connectivity index (χ1) is 10.5. The van der Waals surface area contributed by atoms with Crippen molar-refractivity contribution in [2.24, 2.45) is 0 Å². The van der Waals surface area contributed by atoms with Crippen molar-refractivity contribution in [3.63, 3.8) is 0 Å². The van der Waals surface area contributed by atoms with E-state index in [9.17, 15) is 9.59 Å². The van der Waals surface area contributed by atoms with Gasteiger partial charge in [0.2, 0.25) is 5.91 Å². The Balaban J connectivity index is 1.93. The number of carbonyl (C=O) groups excluding carboxylic acids is 1. The zero-order chi connectivity index (χ0) is 16.1. The number of benzene rings is 1. The number of methoxy groups -OCH3 is 1. The molecule has 0 unspecified atom stereocenters. The van der Waals surface area contributed by atoms with E-state index in [1.165, 1.54) is 0 Å². The van der Waals surface area contributed by atoms with Crippen molar-refractivity contribution in [3.05, 3.63) is 29.8 Å². The zero-order valence-electron chi connectivity index (χ0n) is 13.0. The topological polar surface area (TPSA) is 70.1 Å². The monoisotopic (exact) mass is 306 g/mol. The molecular weight excluding hydrogens is 284 g/mol. The summed E-state index contributed by atoms with van der Waals surface area (Å²) in [6.45, 7) is 1.29. The molecule has 22 heavy (non-hydrogen) atoms.